The molecule has 194 valence electrons. The SMILES string of the molecule is CNc1cc(-c2cnc3n([C@@H]4CCOC[C@H]4OC)cccc2-3)nc2c(C(=O)N[C@@H]3CC[C@H]3OC)cnn12. The van der Waals surface area contributed by atoms with Crippen LogP contribution >= 0.6 is 0 Å². The highest BCUT2D eigenvalue weighted by Crippen LogP contribution is 2.37. The van der Waals surface area contributed by atoms with Crippen LogP contribution in [0, 0.1) is 0 Å². The van der Waals surface area contributed by atoms with Gasteiger partial charge in [0.1, 0.15) is 23.3 Å². The molecule has 1 amide bonds. The smallest absolute Gasteiger partial charge is 0.257 e. The summed E-state index contributed by atoms with van der Waals surface area (Å²) in [7, 11) is 5.21. The first-order valence-electron chi connectivity index (χ1n) is 12.6. The topological polar surface area (TPSA) is 117 Å². The minimum absolute atomic E-state index is 0.000759. The van der Waals surface area contributed by atoms with Gasteiger partial charge in [0.15, 0.2) is 5.65 Å². The van der Waals surface area contributed by atoms with Gasteiger partial charge in [-0.3, -0.25) is 4.79 Å². The number of rotatable bonds is 7. The van der Waals surface area contributed by atoms with E-state index >= 15 is 0 Å². The molecule has 2 fully saturated rings. The first kappa shape index (κ1) is 23.8. The van der Waals surface area contributed by atoms with Gasteiger partial charge in [0.05, 0.1) is 36.7 Å². The monoisotopic (exact) mass is 505 g/mol. The molecule has 5 heterocycles. The number of carbonyl (C=O) groups excluding carboxylic acids is 1. The zero-order chi connectivity index (χ0) is 25.5. The highest BCUT2D eigenvalue weighted by atomic mass is 16.5. The standard InChI is InChI=1S/C26H31N7O4/c1-27-23-11-19(30-25-17(13-29-33(23)25)26(34)31-18-6-7-21(18)35-2)16-12-28-24-15(16)5-4-9-32(24)20-8-10-37-14-22(20)36-3/h4-5,9,11-13,18,20-22,27H,6-8,10,14H2,1-3H3,(H,31,34)/t18-,20-,21-,22-/m1/s1. The van der Waals surface area contributed by atoms with Crippen molar-refractivity contribution >= 4 is 17.4 Å². The number of fused-ring (bicyclic) bond motifs is 2. The number of anilines is 1. The maximum absolute atomic E-state index is 13.2. The molecular formula is C26H31N7O4. The molecular weight excluding hydrogens is 474 g/mol. The quantitative estimate of drug-likeness (QED) is 0.394. The average molecular weight is 506 g/mol. The molecule has 1 saturated carbocycles. The van der Waals surface area contributed by atoms with Gasteiger partial charge in [-0.1, -0.05) is 0 Å². The second-order valence-corrected chi connectivity index (χ2v) is 9.53. The molecule has 37 heavy (non-hydrogen) atoms. The third-order valence-corrected chi connectivity index (χ3v) is 7.61. The van der Waals surface area contributed by atoms with E-state index in [4.69, 9.17) is 24.2 Å². The molecule has 3 aliphatic heterocycles. The lowest BCUT2D eigenvalue weighted by Gasteiger charge is -2.35. The highest BCUT2D eigenvalue weighted by molar-refractivity contribution is 6.00. The fraction of sp³-hybridized carbons (Fsp3) is 0.462. The summed E-state index contributed by atoms with van der Waals surface area (Å²) in [6.07, 6.45) is 8.13. The number of amides is 1. The molecule has 0 bridgehead atoms. The number of carbonyl (C=O) groups is 1. The Balaban J connectivity index is 1.37. The lowest BCUT2D eigenvalue weighted by molar-refractivity contribution is -0.0600. The molecule has 2 aromatic rings. The van der Waals surface area contributed by atoms with Crippen LogP contribution in [0.15, 0.2) is 36.8 Å². The van der Waals surface area contributed by atoms with E-state index in [0.717, 1.165) is 42.0 Å². The van der Waals surface area contributed by atoms with Gasteiger partial charge in [-0.2, -0.15) is 9.61 Å². The Morgan fingerprint density at radius 1 is 1.14 bits per heavy atom. The van der Waals surface area contributed by atoms with Crippen molar-refractivity contribution < 1.29 is 19.0 Å². The third kappa shape index (κ3) is 4.03. The van der Waals surface area contributed by atoms with Gasteiger partial charge >= 0.3 is 0 Å². The summed E-state index contributed by atoms with van der Waals surface area (Å²) in [5.41, 5.74) is 3.47. The van der Waals surface area contributed by atoms with Crippen molar-refractivity contribution in [1.82, 2.24) is 29.5 Å². The Kier molecular flexibility index (Phi) is 6.27. The van der Waals surface area contributed by atoms with Crippen molar-refractivity contribution in [3.8, 4) is 22.6 Å². The largest absolute Gasteiger partial charge is 0.379 e. The Morgan fingerprint density at radius 2 is 2.00 bits per heavy atom. The number of nitrogens with one attached hydrogen (secondary N) is 2. The van der Waals surface area contributed by atoms with Gasteiger partial charge in [-0.25, -0.2) is 9.97 Å². The number of methoxy groups -OCH3 is 2. The van der Waals surface area contributed by atoms with Crippen LogP contribution in [-0.2, 0) is 14.2 Å². The van der Waals surface area contributed by atoms with Crippen LogP contribution in [0.3, 0.4) is 0 Å². The van der Waals surface area contributed by atoms with Gasteiger partial charge in [0.2, 0.25) is 0 Å². The van der Waals surface area contributed by atoms with E-state index in [-0.39, 0.29) is 30.2 Å². The van der Waals surface area contributed by atoms with Crippen molar-refractivity contribution in [2.45, 2.75) is 43.6 Å². The molecule has 4 atom stereocenters. The Hall–Kier alpha value is -3.54. The first-order valence-corrected chi connectivity index (χ1v) is 12.6. The molecule has 4 aliphatic rings. The van der Waals surface area contributed by atoms with Gasteiger partial charge in [-0.15, -0.1) is 0 Å². The normalized spacial score (nSPS) is 23.8. The summed E-state index contributed by atoms with van der Waals surface area (Å²) < 4.78 is 20.6. The lowest BCUT2D eigenvalue weighted by Crippen LogP contribution is -2.51. The molecule has 11 nitrogen and oxygen atoms in total. The van der Waals surface area contributed by atoms with E-state index in [2.05, 4.69) is 20.3 Å². The third-order valence-electron chi connectivity index (χ3n) is 7.61. The predicted molar refractivity (Wildman–Crippen MR) is 137 cm³/mol. The molecule has 0 unspecified atom stereocenters. The van der Waals surface area contributed by atoms with Crippen molar-refractivity contribution in [2.24, 2.45) is 0 Å². The average Bonchev–Trinajstić information content (AvgIpc) is 3.55. The number of hydrogen-bond acceptors (Lipinski definition) is 8. The van der Waals surface area contributed by atoms with Gasteiger partial charge in [0, 0.05) is 57.5 Å². The van der Waals surface area contributed by atoms with Gasteiger partial charge in [-0.05, 0) is 31.4 Å². The fourth-order valence-corrected chi connectivity index (χ4v) is 5.38. The summed E-state index contributed by atoms with van der Waals surface area (Å²) in [5, 5.41) is 10.7. The van der Waals surface area contributed by atoms with E-state index in [1.54, 1.807) is 24.9 Å². The molecule has 1 saturated heterocycles. The minimum Gasteiger partial charge on any atom is -0.379 e. The van der Waals surface area contributed by atoms with Crippen molar-refractivity contribution in [3.63, 3.8) is 0 Å². The van der Waals surface area contributed by atoms with E-state index in [0.29, 0.717) is 30.1 Å². The number of aromatic nitrogens is 5. The van der Waals surface area contributed by atoms with Crippen LogP contribution in [0.5, 0.6) is 0 Å². The molecule has 0 radical (unpaired) electrons. The van der Waals surface area contributed by atoms with E-state index < -0.39 is 0 Å². The van der Waals surface area contributed by atoms with Crippen LogP contribution in [0.1, 0.15) is 35.7 Å². The Bertz CT molecular complexity index is 1400. The van der Waals surface area contributed by atoms with Crippen LogP contribution in [0.4, 0.5) is 5.82 Å². The predicted octanol–water partition coefficient (Wildman–Crippen LogP) is 2.62. The fourth-order valence-electron chi connectivity index (χ4n) is 5.38. The second kappa shape index (κ2) is 9.73. The second-order valence-electron chi connectivity index (χ2n) is 9.53. The van der Waals surface area contributed by atoms with Crippen LogP contribution in [0.25, 0.3) is 28.3 Å². The number of hydrogen-bond donors (Lipinski definition) is 2. The highest BCUT2D eigenvalue weighted by Gasteiger charge is 2.33. The van der Waals surface area contributed by atoms with E-state index in [1.807, 2.05) is 37.6 Å². The zero-order valence-corrected chi connectivity index (χ0v) is 21.2. The summed E-state index contributed by atoms with van der Waals surface area (Å²) in [6, 6.07) is 6.12. The van der Waals surface area contributed by atoms with Crippen molar-refractivity contribution in [2.75, 3.05) is 39.8 Å². The number of pyridine rings is 1. The number of nitrogens with zero attached hydrogens (tertiary/aromatic N) is 5. The molecule has 2 aromatic heterocycles. The van der Waals surface area contributed by atoms with Gasteiger partial charge < -0.3 is 29.4 Å². The Morgan fingerprint density at radius 3 is 2.76 bits per heavy atom. The summed E-state index contributed by atoms with van der Waals surface area (Å²) >= 11 is 0. The van der Waals surface area contributed by atoms with Crippen molar-refractivity contribution in [1.29, 1.82) is 0 Å². The van der Waals surface area contributed by atoms with Crippen LogP contribution in [0.2, 0.25) is 0 Å². The number of ether oxygens (including phenoxy) is 3. The molecule has 11 heteroatoms. The summed E-state index contributed by atoms with van der Waals surface area (Å²) in [6.45, 7) is 1.24. The molecule has 1 aliphatic carbocycles. The van der Waals surface area contributed by atoms with Crippen molar-refractivity contribution in [3.05, 3.63) is 42.4 Å². The van der Waals surface area contributed by atoms with E-state index in [1.165, 1.54) is 0 Å². The van der Waals surface area contributed by atoms with Crippen LogP contribution in [-0.4, -0.2) is 82.8 Å². The van der Waals surface area contributed by atoms with E-state index in [9.17, 15) is 4.79 Å². The molecule has 0 spiro atoms. The summed E-state index contributed by atoms with van der Waals surface area (Å²) in [4.78, 5) is 22.8. The first-order chi connectivity index (χ1) is 18.1. The zero-order valence-electron chi connectivity index (χ0n) is 21.2. The summed E-state index contributed by atoms with van der Waals surface area (Å²) in [5.74, 6) is 1.38. The van der Waals surface area contributed by atoms with Gasteiger partial charge in [0.25, 0.3) is 5.91 Å². The minimum atomic E-state index is -0.207. The molecule has 2 N–H and O–H groups in total. The molecule has 6 rings (SSSR count). The molecule has 0 aromatic carbocycles. The maximum atomic E-state index is 13.2. The van der Waals surface area contributed by atoms with Crippen LogP contribution < -0.4 is 10.6 Å². The lowest BCUT2D eigenvalue weighted by atomic mass is 9.89. The maximum Gasteiger partial charge on any atom is 0.257 e. The Labute approximate surface area is 214 Å².